The minimum atomic E-state index is -0.351. The molecule has 0 bridgehead atoms. The number of aryl methyl sites for hydroxylation is 2. The normalized spacial score (nSPS) is 26.0. The van der Waals surface area contributed by atoms with Crippen LogP contribution in [0.5, 0.6) is 0 Å². The molecule has 31 heavy (non-hydrogen) atoms. The lowest BCUT2D eigenvalue weighted by Crippen LogP contribution is -2.43. The summed E-state index contributed by atoms with van der Waals surface area (Å²) in [5, 5.41) is 18.7. The second kappa shape index (κ2) is 8.40. The summed E-state index contributed by atoms with van der Waals surface area (Å²) in [5.41, 5.74) is 4.91. The minimum Gasteiger partial charge on any atom is -0.391 e. The largest absolute Gasteiger partial charge is 0.391 e. The van der Waals surface area contributed by atoms with E-state index in [0.717, 1.165) is 44.0 Å². The minimum absolute atomic E-state index is 0.0328. The van der Waals surface area contributed by atoms with E-state index in [2.05, 4.69) is 63.5 Å². The van der Waals surface area contributed by atoms with Crippen molar-refractivity contribution >= 4 is 5.82 Å². The van der Waals surface area contributed by atoms with Crippen LogP contribution in [0.25, 0.3) is 5.69 Å². The Bertz CT molecular complexity index is 1040. The topological polar surface area (TPSA) is 79.1 Å². The van der Waals surface area contributed by atoms with Gasteiger partial charge in [0.15, 0.2) is 0 Å². The highest BCUT2D eigenvalue weighted by molar-refractivity contribution is 5.39. The monoisotopic (exact) mass is 418 g/mol. The third-order valence-corrected chi connectivity index (χ3v) is 6.91. The Balaban J connectivity index is 1.21. The molecular weight excluding hydrogens is 388 g/mol. The average molecular weight is 419 g/mol. The molecule has 1 aromatic carbocycles. The number of aliphatic hydroxyl groups excluding tert-OH is 1. The van der Waals surface area contributed by atoms with Crippen LogP contribution in [0.4, 0.5) is 5.82 Å². The quantitative estimate of drug-likeness (QED) is 0.663. The van der Waals surface area contributed by atoms with E-state index in [0.29, 0.717) is 11.8 Å². The van der Waals surface area contributed by atoms with Crippen molar-refractivity contribution in [2.45, 2.75) is 45.4 Å². The fourth-order valence-corrected chi connectivity index (χ4v) is 5.08. The predicted octanol–water partition coefficient (Wildman–Crippen LogP) is 2.96. The van der Waals surface area contributed by atoms with Crippen LogP contribution in [0.2, 0.25) is 0 Å². The molecule has 0 unspecified atom stereocenters. The number of aliphatic hydroxyl groups is 1. The SMILES string of the molecule is Cc1ccc(-n2cc(CN3C[C@H]4C[C@@H](Nc5cnccn5)[C@H](O)C[C@H]4C3)cn2)cc1C. The van der Waals surface area contributed by atoms with Gasteiger partial charge in [-0.25, -0.2) is 9.67 Å². The van der Waals surface area contributed by atoms with Crippen molar-refractivity contribution in [2.24, 2.45) is 11.8 Å². The molecular formula is C24H30N6O. The average Bonchev–Trinajstić information content (AvgIpc) is 3.38. The Hall–Kier alpha value is -2.77. The number of hydrogen-bond donors (Lipinski definition) is 2. The highest BCUT2D eigenvalue weighted by Gasteiger charge is 2.41. The summed E-state index contributed by atoms with van der Waals surface area (Å²) < 4.78 is 1.97. The van der Waals surface area contributed by atoms with E-state index < -0.39 is 0 Å². The van der Waals surface area contributed by atoms with E-state index in [9.17, 15) is 5.11 Å². The van der Waals surface area contributed by atoms with E-state index in [4.69, 9.17) is 0 Å². The zero-order valence-corrected chi connectivity index (χ0v) is 18.1. The molecule has 0 amide bonds. The van der Waals surface area contributed by atoms with Crippen molar-refractivity contribution < 1.29 is 5.11 Å². The van der Waals surface area contributed by atoms with Crippen molar-refractivity contribution in [1.82, 2.24) is 24.6 Å². The summed E-state index contributed by atoms with van der Waals surface area (Å²) in [6.07, 6.45) is 10.6. The van der Waals surface area contributed by atoms with Gasteiger partial charge in [-0.15, -0.1) is 0 Å². The maximum absolute atomic E-state index is 10.7. The molecule has 2 fully saturated rings. The molecule has 4 atom stereocenters. The van der Waals surface area contributed by atoms with E-state index >= 15 is 0 Å². The van der Waals surface area contributed by atoms with Gasteiger partial charge in [-0.05, 0) is 61.8 Å². The molecule has 0 radical (unpaired) electrons. The van der Waals surface area contributed by atoms with Crippen LogP contribution in [-0.4, -0.2) is 55.0 Å². The van der Waals surface area contributed by atoms with E-state index in [-0.39, 0.29) is 12.1 Å². The smallest absolute Gasteiger partial charge is 0.144 e. The van der Waals surface area contributed by atoms with Crippen LogP contribution >= 0.6 is 0 Å². The summed E-state index contributed by atoms with van der Waals surface area (Å²) in [6, 6.07) is 6.48. The van der Waals surface area contributed by atoms with Gasteiger partial charge in [0, 0.05) is 43.8 Å². The van der Waals surface area contributed by atoms with E-state index in [1.54, 1.807) is 18.6 Å². The maximum atomic E-state index is 10.7. The molecule has 1 aliphatic carbocycles. The van der Waals surface area contributed by atoms with Crippen molar-refractivity contribution in [3.05, 3.63) is 65.9 Å². The Morgan fingerprint density at radius 2 is 1.90 bits per heavy atom. The van der Waals surface area contributed by atoms with Crippen LogP contribution in [-0.2, 0) is 6.54 Å². The van der Waals surface area contributed by atoms with Gasteiger partial charge in [0.25, 0.3) is 0 Å². The highest BCUT2D eigenvalue weighted by Crippen LogP contribution is 2.38. The van der Waals surface area contributed by atoms with Gasteiger partial charge in [-0.2, -0.15) is 5.10 Å². The third-order valence-electron chi connectivity index (χ3n) is 6.91. The van der Waals surface area contributed by atoms with Gasteiger partial charge in [-0.1, -0.05) is 6.07 Å². The van der Waals surface area contributed by atoms with Gasteiger partial charge in [0.2, 0.25) is 0 Å². The number of anilines is 1. The van der Waals surface area contributed by atoms with Gasteiger partial charge >= 0.3 is 0 Å². The first kappa shape index (κ1) is 20.2. The summed E-state index contributed by atoms with van der Waals surface area (Å²) in [7, 11) is 0. The number of aromatic nitrogens is 4. The molecule has 7 heteroatoms. The molecule has 1 aliphatic heterocycles. The zero-order valence-electron chi connectivity index (χ0n) is 18.1. The molecule has 3 heterocycles. The number of benzene rings is 1. The number of nitrogens with zero attached hydrogens (tertiary/aromatic N) is 5. The predicted molar refractivity (Wildman–Crippen MR) is 120 cm³/mol. The second-order valence-corrected chi connectivity index (χ2v) is 9.16. The van der Waals surface area contributed by atoms with Gasteiger partial charge in [-0.3, -0.25) is 9.88 Å². The first-order chi connectivity index (χ1) is 15.0. The maximum Gasteiger partial charge on any atom is 0.144 e. The number of likely N-dealkylation sites (tertiary alicyclic amines) is 1. The second-order valence-electron chi connectivity index (χ2n) is 9.16. The molecule has 2 aromatic heterocycles. The van der Waals surface area contributed by atoms with Crippen molar-refractivity contribution in [1.29, 1.82) is 0 Å². The van der Waals surface area contributed by atoms with Crippen molar-refractivity contribution in [2.75, 3.05) is 18.4 Å². The van der Waals surface area contributed by atoms with Crippen LogP contribution in [0, 0.1) is 25.7 Å². The molecule has 1 saturated carbocycles. The molecule has 2 N–H and O–H groups in total. The number of fused-ring (bicyclic) bond motifs is 1. The molecule has 3 aromatic rings. The summed E-state index contributed by atoms with van der Waals surface area (Å²) >= 11 is 0. The Morgan fingerprint density at radius 3 is 2.68 bits per heavy atom. The first-order valence-electron chi connectivity index (χ1n) is 11.1. The summed E-state index contributed by atoms with van der Waals surface area (Å²) in [6.45, 7) is 7.26. The summed E-state index contributed by atoms with van der Waals surface area (Å²) in [4.78, 5) is 10.9. The van der Waals surface area contributed by atoms with Crippen molar-refractivity contribution in [3.63, 3.8) is 0 Å². The highest BCUT2D eigenvalue weighted by atomic mass is 16.3. The lowest BCUT2D eigenvalue weighted by atomic mass is 9.77. The van der Waals surface area contributed by atoms with E-state index in [1.807, 2.05) is 10.9 Å². The fourth-order valence-electron chi connectivity index (χ4n) is 5.08. The fraction of sp³-hybridized carbons (Fsp3) is 0.458. The molecule has 162 valence electrons. The van der Waals surface area contributed by atoms with Crippen LogP contribution in [0.1, 0.15) is 29.5 Å². The molecule has 5 rings (SSSR count). The zero-order chi connectivity index (χ0) is 21.4. The summed E-state index contributed by atoms with van der Waals surface area (Å²) in [5.74, 6) is 1.87. The van der Waals surface area contributed by atoms with Crippen molar-refractivity contribution in [3.8, 4) is 5.69 Å². The molecule has 7 nitrogen and oxygen atoms in total. The lowest BCUT2D eigenvalue weighted by molar-refractivity contribution is 0.0735. The van der Waals surface area contributed by atoms with Gasteiger partial charge < -0.3 is 10.4 Å². The van der Waals surface area contributed by atoms with Gasteiger partial charge in [0.05, 0.1) is 30.2 Å². The number of hydrogen-bond acceptors (Lipinski definition) is 6. The Labute approximate surface area is 183 Å². The van der Waals surface area contributed by atoms with E-state index in [1.165, 1.54) is 16.7 Å². The number of rotatable bonds is 5. The standard InChI is InChI=1S/C24H30N6O/c1-16-3-4-21(7-17(16)2)30-13-18(10-27-30)12-29-14-19-8-22(23(31)9-20(19)15-29)28-24-11-25-5-6-26-24/h3-7,10-11,13,19-20,22-23,31H,8-9,12,14-15H2,1-2H3,(H,26,28)/t19-,20+,22-,23-/m1/s1. The Kier molecular flexibility index (Phi) is 5.46. The lowest BCUT2D eigenvalue weighted by Gasteiger charge is -2.35. The number of nitrogens with one attached hydrogen (secondary N) is 1. The third kappa shape index (κ3) is 4.34. The first-order valence-corrected chi connectivity index (χ1v) is 11.1. The Morgan fingerprint density at radius 1 is 1.06 bits per heavy atom. The molecule has 0 spiro atoms. The van der Waals surface area contributed by atoms with Crippen LogP contribution < -0.4 is 5.32 Å². The van der Waals surface area contributed by atoms with Gasteiger partial charge in [0.1, 0.15) is 5.82 Å². The van der Waals surface area contributed by atoms with Crippen LogP contribution in [0.3, 0.4) is 0 Å². The molecule has 2 aliphatic rings. The van der Waals surface area contributed by atoms with Crippen LogP contribution in [0.15, 0.2) is 49.2 Å². The molecule has 1 saturated heterocycles.